The number of anilines is 1. The van der Waals surface area contributed by atoms with E-state index in [9.17, 15) is 13.6 Å². The minimum atomic E-state index is -0.659. The summed E-state index contributed by atoms with van der Waals surface area (Å²) in [5.74, 6) is -0.562. The van der Waals surface area contributed by atoms with Gasteiger partial charge < -0.3 is 15.1 Å². The monoisotopic (exact) mass is 348 g/mol. The first-order valence-electron chi connectivity index (χ1n) is 8.01. The lowest BCUT2D eigenvalue weighted by Crippen LogP contribution is -2.39. The molecule has 2 amide bonds. The Balaban J connectivity index is 2.06. The van der Waals surface area contributed by atoms with E-state index in [0.29, 0.717) is 6.54 Å². The molecule has 1 aromatic heterocycles. The third-order valence-corrected chi connectivity index (χ3v) is 3.80. The molecule has 0 atom stereocenters. The van der Waals surface area contributed by atoms with E-state index in [1.54, 1.807) is 19.2 Å². The maximum absolute atomic E-state index is 13.8. The second kappa shape index (κ2) is 8.41. The maximum Gasteiger partial charge on any atom is 0.317 e. The quantitative estimate of drug-likeness (QED) is 0.872. The van der Waals surface area contributed by atoms with Crippen molar-refractivity contribution in [1.29, 1.82) is 0 Å². The zero-order chi connectivity index (χ0) is 18.4. The van der Waals surface area contributed by atoms with Crippen LogP contribution in [-0.4, -0.2) is 36.6 Å². The fourth-order valence-electron chi connectivity index (χ4n) is 2.46. The number of carbonyl (C=O) groups is 1. The molecule has 0 fully saturated rings. The van der Waals surface area contributed by atoms with Crippen LogP contribution in [0.3, 0.4) is 0 Å². The molecule has 0 saturated carbocycles. The van der Waals surface area contributed by atoms with Crippen molar-refractivity contribution in [2.24, 2.45) is 0 Å². The van der Waals surface area contributed by atoms with Gasteiger partial charge in [0.15, 0.2) is 0 Å². The number of aromatic nitrogens is 1. The molecule has 0 aliphatic heterocycles. The summed E-state index contributed by atoms with van der Waals surface area (Å²) in [5.41, 5.74) is 0.740. The Labute approximate surface area is 146 Å². The first kappa shape index (κ1) is 18.6. The van der Waals surface area contributed by atoms with Crippen LogP contribution in [0.15, 0.2) is 36.5 Å². The molecule has 0 spiro atoms. The summed E-state index contributed by atoms with van der Waals surface area (Å²) in [4.78, 5) is 19.9. The van der Waals surface area contributed by atoms with Crippen molar-refractivity contribution < 1.29 is 13.6 Å². The number of nitrogens with zero attached hydrogens (tertiary/aromatic N) is 3. The highest BCUT2D eigenvalue weighted by atomic mass is 19.1. The number of urea groups is 1. The van der Waals surface area contributed by atoms with Crippen LogP contribution in [0.5, 0.6) is 0 Å². The van der Waals surface area contributed by atoms with Crippen LogP contribution in [0, 0.1) is 11.6 Å². The van der Waals surface area contributed by atoms with E-state index in [0.717, 1.165) is 11.4 Å². The van der Waals surface area contributed by atoms with Gasteiger partial charge in [-0.05, 0) is 25.1 Å². The number of benzene rings is 1. The van der Waals surface area contributed by atoms with E-state index < -0.39 is 17.7 Å². The number of pyridine rings is 1. The van der Waals surface area contributed by atoms with Crippen LogP contribution in [0.25, 0.3) is 0 Å². The first-order valence-corrected chi connectivity index (χ1v) is 8.01. The number of nitrogens with one attached hydrogen (secondary N) is 1. The van der Waals surface area contributed by atoms with Gasteiger partial charge in [-0.15, -0.1) is 0 Å². The van der Waals surface area contributed by atoms with Crippen LogP contribution < -0.4 is 10.2 Å². The van der Waals surface area contributed by atoms with Crippen LogP contribution in [0.2, 0.25) is 0 Å². The third-order valence-electron chi connectivity index (χ3n) is 3.80. The minimum absolute atomic E-state index is 0.116. The highest BCUT2D eigenvalue weighted by Gasteiger charge is 2.17. The summed E-state index contributed by atoms with van der Waals surface area (Å²) in [6.45, 7) is 2.23. The van der Waals surface area contributed by atoms with Gasteiger partial charge in [-0.1, -0.05) is 12.1 Å². The molecule has 7 heteroatoms. The van der Waals surface area contributed by atoms with E-state index in [-0.39, 0.29) is 18.7 Å². The van der Waals surface area contributed by atoms with Crippen molar-refractivity contribution in [3.8, 4) is 0 Å². The second-order valence-corrected chi connectivity index (χ2v) is 5.75. The summed E-state index contributed by atoms with van der Waals surface area (Å²) in [7, 11) is 3.74. The lowest BCUT2D eigenvalue weighted by atomic mass is 10.2. The van der Waals surface area contributed by atoms with Crippen LogP contribution in [0.4, 0.5) is 19.4 Å². The number of rotatable bonds is 6. The van der Waals surface area contributed by atoms with E-state index >= 15 is 0 Å². The number of carbonyl (C=O) groups excluding carboxylic acids is 1. The molecule has 134 valence electrons. The summed E-state index contributed by atoms with van der Waals surface area (Å²) in [6.07, 6.45) is 1.68. The first-order chi connectivity index (χ1) is 11.9. The predicted octanol–water partition coefficient (Wildman–Crippen LogP) is 3.16. The molecule has 0 aliphatic carbocycles. The molecule has 0 radical (unpaired) electrons. The fourth-order valence-corrected chi connectivity index (χ4v) is 2.46. The number of halogens is 2. The van der Waals surface area contributed by atoms with Crippen molar-refractivity contribution in [2.75, 3.05) is 25.5 Å². The standard InChI is InChI=1S/C18H22F2N4O/c1-4-24(12-14-15(19)8-5-9-16(14)20)18(25)22-11-13-7-6-10-21-17(13)23(2)3/h5-10H,4,11-12H2,1-3H3,(H,22,25). The lowest BCUT2D eigenvalue weighted by Gasteiger charge is -2.23. The van der Waals surface area contributed by atoms with Gasteiger partial charge in [0.25, 0.3) is 0 Å². The molecule has 0 bridgehead atoms. The van der Waals surface area contributed by atoms with Crippen molar-refractivity contribution in [3.63, 3.8) is 0 Å². The van der Waals surface area contributed by atoms with Gasteiger partial charge in [-0.25, -0.2) is 18.6 Å². The minimum Gasteiger partial charge on any atom is -0.362 e. The molecular weight excluding hydrogens is 326 g/mol. The Morgan fingerprint density at radius 1 is 1.16 bits per heavy atom. The Bertz CT molecular complexity index is 717. The average Bonchev–Trinajstić information content (AvgIpc) is 2.59. The number of hydrogen-bond acceptors (Lipinski definition) is 3. The van der Waals surface area contributed by atoms with Gasteiger partial charge in [-0.2, -0.15) is 0 Å². The molecule has 0 aliphatic rings. The highest BCUT2D eigenvalue weighted by molar-refractivity contribution is 5.74. The van der Waals surface area contributed by atoms with E-state index in [4.69, 9.17) is 0 Å². The zero-order valence-corrected chi connectivity index (χ0v) is 14.6. The van der Waals surface area contributed by atoms with Crippen molar-refractivity contribution >= 4 is 11.8 Å². The maximum atomic E-state index is 13.8. The largest absolute Gasteiger partial charge is 0.362 e. The molecule has 5 nitrogen and oxygen atoms in total. The lowest BCUT2D eigenvalue weighted by molar-refractivity contribution is 0.196. The average molecular weight is 348 g/mol. The Kier molecular flexibility index (Phi) is 6.27. The van der Waals surface area contributed by atoms with Crippen molar-refractivity contribution in [1.82, 2.24) is 15.2 Å². The smallest absolute Gasteiger partial charge is 0.317 e. The molecule has 1 heterocycles. The fraction of sp³-hybridized carbons (Fsp3) is 0.333. The normalized spacial score (nSPS) is 10.4. The summed E-state index contributed by atoms with van der Waals surface area (Å²) in [5, 5.41) is 2.78. The summed E-state index contributed by atoms with van der Waals surface area (Å²) >= 11 is 0. The van der Waals surface area contributed by atoms with E-state index in [1.165, 1.54) is 23.1 Å². The number of hydrogen-bond donors (Lipinski definition) is 1. The van der Waals surface area contributed by atoms with Crippen LogP contribution >= 0.6 is 0 Å². The molecule has 2 rings (SSSR count). The van der Waals surface area contributed by atoms with E-state index in [2.05, 4.69) is 10.3 Å². The van der Waals surface area contributed by atoms with Crippen molar-refractivity contribution in [3.05, 3.63) is 59.3 Å². The Hall–Kier alpha value is -2.70. The highest BCUT2D eigenvalue weighted by Crippen LogP contribution is 2.16. The third kappa shape index (κ3) is 4.65. The topological polar surface area (TPSA) is 48.5 Å². The molecule has 1 N–H and O–H groups in total. The van der Waals surface area contributed by atoms with Gasteiger partial charge in [0.1, 0.15) is 17.5 Å². The van der Waals surface area contributed by atoms with Gasteiger partial charge in [-0.3, -0.25) is 0 Å². The molecule has 0 saturated heterocycles. The van der Waals surface area contributed by atoms with Crippen molar-refractivity contribution in [2.45, 2.75) is 20.0 Å². The van der Waals surface area contributed by atoms with Crippen LogP contribution in [-0.2, 0) is 13.1 Å². The van der Waals surface area contributed by atoms with Gasteiger partial charge in [0.05, 0.1) is 6.54 Å². The molecule has 0 unspecified atom stereocenters. The molecular formula is C18H22F2N4O. The van der Waals surface area contributed by atoms with Gasteiger partial charge in [0.2, 0.25) is 0 Å². The Morgan fingerprint density at radius 2 is 1.84 bits per heavy atom. The summed E-state index contributed by atoms with van der Waals surface area (Å²) < 4.78 is 27.6. The predicted molar refractivity (Wildman–Crippen MR) is 93.2 cm³/mol. The molecule has 2 aromatic rings. The Morgan fingerprint density at radius 3 is 2.44 bits per heavy atom. The molecule has 25 heavy (non-hydrogen) atoms. The van der Waals surface area contributed by atoms with E-state index in [1.807, 2.05) is 25.1 Å². The SMILES string of the molecule is CCN(Cc1c(F)cccc1F)C(=O)NCc1cccnc1N(C)C. The summed E-state index contributed by atoms with van der Waals surface area (Å²) in [6, 6.07) is 6.94. The van der Waals surface area contributed by atoms with Gasteiger partial charge >= 0.3 is 6.03 Å². The number of amides is 2. The van der Waals surface area contributed by atoms with Gasteiger partial charge in [0, 0.05) is 44.5 Å². The second-order valence-electron chi connectivity index (χ2n) is 5.75. The molecule has 1 aromatic carbocycles. The van der Waals surface area contributed by atoms with Crippen LogP contribution in [0.1, 0.15) is 18.1 Å². The zero-order valence-electron chi connectivity index (χ0n) is 14.6.